The minimum absolute atomic E-state index is 0.0599. The first-order valence-corrected chi connectivity index (χ1v) is 7.51. The van der Waals surface area contributed by atoms with E-state index in [4.69, 9.17) is 4.74 Å². The van der Waals surface area contributed by atoms with E-state index in [0.29, 0.717) is 5.92 Å². The Hall–Kier alpha value is -0.930. The zero-order valence-corrected chi connectivity index (χ0v) is 11.4. The number of aliphatic hydroxyl groups excluding tert-OH is 1. The molecule has 0 bridgehead atoms. The second-order valence-corrected chi connectivity index (χ2v) is 6.08. The minimum atomic E-state index is -0.392. The summed E-state index contributed by atoms with van der Waals surface area (Å²) < 4.78 is 6.10. The van der Waals surface area contributed by atoms with Gasteiger partial charge in [-0.15, -0.1) is 0 Å². The summed E-state index contributed by atoms with van der Waals surface area (Å²) >= 11 is 0. The van der Waals surface area contributed by atoms with Gasteiger partial charge in [-0.3, -0.25) is 4.98 Å². The van der Waals surface area contributed by atoms with Gasteiger partial charge in [-0.25, -0.2) is 0 Å². The van der Waals surface area contributed by atoms with Gasteiger partial charge in [0.1, 0.15) is 0 Å². The van der Waals surface area contributed by atoms with Gasteiger partial charge in [0, 0.05) is 19.0 Å². The van der Waals surface area contributed by atoms with Crippen LogP contribution in [0.25, 0.3) is 0 Å². The number of pyridine rings is 1. The second-order valence-electron chi connectivity index (χ2n) is 6.08. The fraction of sp³-hybridized carbons (Fsp3) is 0.688. The monoisotopic (exact) mass is 261 g/mol. The zero-order chi connectivity index (χ0) is 13.1. The predicted molar refractivity (Wildman–Crippen MR) is 73.7 cm³/mol. The molecule has 104 valence electrons. The Balaban J connectivity index is 1.71. The molecule has 3 rings (SSSR count). The minimum Gasteiger partial charge on any atom is -0.388 e. The van der Waals surface area contributed by atoms with Gasteiger partial charge < -0.3 is 9.84 Å². The van der Waals surface area contributed by atoms with Crippen molar-refractivity contribution in [3.05, 3.63) is 30.1 Å². The van der Waals surface area contributed by atoms with E-state index in [1.807, 2.05) is 12.1 Å². The third kappa shape index (κ3) is 2.82. The Bertz CT molecular complexity index is 395. The Morgan fingerprint density at radius 1 is 1.32 bits per heavy atom. The fourth-order valence-electron chi connectivity index (χ4n) is 3.70. The maximum atomic E-state index is 10.6. The molecule has 1 aromatic heterocycles. The van der Waals surface area contributed by atoms with Gasteiger partial charge in [-0.1, -0.05) is 25.3 Å². The van der Waals surface area contributed by atoms with E-state index in [1.165, 1.54) is 32.1 Å². The lowest BCUT2D eigenvalue weighted by molar-refractivity contribution is -0.134. The largest absolute Gasteiger partial charge is 0.388 e. The van der Waals surface area contributed by atoms with Crippen LogP contribution < -0.4 is 0 Å². The zero-order valence-electron chi connectivity index (χ0n) is 11.4. The van der Waals surface area contributed by atoms with Crippen LogP contribution in [0.2, 0.25) is 0 Å². The van der Waals surface area contributed by atoms with E-state index in [1.54, 1.807) is 12.4 Å². The van der Waals surface area contributed by atoms with Crippen LogP contribution in [0.15, 0.2) is 24.5 Å². The van der Waals surface area contributed by atoms with Crippen LogP contribution in [0, 0.1) is 5.92 Å². The first-order valence-electron chi connectivity index (χ1n) is 7.51. The normalized spacial score (nSPS) is 28.2. The highest BCUT2D eigenvalue weighted by Crippen LogP contribution is 2.44. The molecule has 2 atom stereocenters. The van der Waals surface area contributed by atoms with Crippen molar-refractivity contribution in [2.75, 3.05) is 6.61 Å². The van der Waals surface area contributed by atoms with Gasteiger partial charge in [0.05, 0.1) is 11.7 Å². The van der Waals surface area contributed by atoms with Crippen molar-refractivity contribution in [1.82, 2.24) is 4.98 Å². The Morgan fingerprint density at radius 3 is 2.89 bits per heavy atom. The first-order chi connectivity index (χ1) is 9.29. The molecule has 3 nitrogen and oxygen atoms in total. The molecule has 19 heavy (non-hydrogen) atoms. The molecule has 3 heteroatoms. The summed E-state index contributed by atoms with van der Waals surface area (Å²) in [6.07, 6.45) is 11.3. The predicted octanol–water partition coefficient (Wildman–Crippen LogP) is 3.24. The van der Waals surface area contributed by atoms with Crippen LogP contribution in [0.4, 0.5) is 0 Å². The Kier molecular flexibility index (Phi) is 3.85. The number of hydrogen-bond acceptors (Lipinski definition) is 3. The smallest absolute Gasteiger partial charge is 0.0834 e. The summed E-state index contributed by atoms with van der Waals surface area (Å²) in [5.41, 5.74) is 1.00. The van der Waals surface area contributed by atoms with Crippen molar-refractivity contribution in [1.29, 1.82) is 0 Å². The number of ether oxygens (including phenoxy) is 1. The standard InChI is InChI=1S/C16H23NO2/c18-15(14-5-4-9-17-12-14)13-6-10-19-16(11-13)7-2-1-3-8-16/h4-5,9,12-13,15,18H,1-3,6-8,10-11H2. The molecular weight excluding hydrogens is 238 g/mol. The van der Waals surface area contributed by atoms with Crippen molar-refractivity contribution in [2.45, 2.75) is 56.7 Å². The molecule has 1 aliphatic heterocycles. The molecule has 0 aromatic carbocycles. The summed E-state index contributed by atoms with van der Waals surface area (Å²) in [5, 5.41) is 10.6. The van der Waals surface area contributed by atoms with E-state index in [0.717, 1.165) is 25.0 Å². The molecular formula is C16H23NO2. The molecule has 1 aromatic rings. The Labute approximate surface area is 115 Å². The number of hydrogen-bond donors (Lipinski definition) is 1. The number of rotatable bonds is 2. The third-order valence-electron chi connectivity index (χ3n) is 4.77. The highest BCUT2D eigenvalue weighted by Gasteiger charge is 2.40. The third-order valence-corrected chi connectivity index (χ3v) is 4.77. The summed E-state index contributed by atoms with van der Waals surface area (Å²) in [4.78, 5) is 4.11. The average molecular weight is 261 g/mol. The molecule has 0 radical (unpaired) electrons. The van der Waals surface area contributed by atoms with Crippen molar-refractivity contribution < 1.29 is 9.84 Å². The van der Waals surface area contributed by atoms with E-state index < -0.39 is 6.10 Å². The molecule has 2 heterocycles. The van der Waals surface area contributed by atoms with Crippen LogP contribution in [0.3, 0.4) is 0 Å². The first kappa shape index (κ1) is 13.1. The van der Waals surface area contributed by atoms with Crippen molar-refractivity contribution >= 4 is 0 Å². The highest BCUT2D eigenvalue weighted by atomic mass is 16.5. The van der Waals surface area contributed by atoms with Crippen molar-refractivity contribution in [3.63, 3.8) is 0 Å². The second kappa shape index (κ2) is 5.59. The molecule has 2 unspecified atom stereocenters. The molecule has 1 aliphatic carbocycles. The molecule has 2 fully saturated rings. The highest BCUT2D eigenvalue weighted by molar-refractivity contribution is 5.13. The molecule has 1 spiro atoms. The van der Waals surface area contributed by atoms with E-state index in [2.05, 4.69) is 4.98 Å². The van der Waals surface area contributed by atoms with Crippen LogP contribution in [0.1, 0.15) is 56.6 Å². The summed E-state index contributed by atoms with van der Waals surface area (Å²) in [5.74, 6) is 0.316. The van der Waals surface area contributed by atoms with Gasteiger partial charge in [-0.2, -0.15) is 0 Å². The van der Waals surface area contributed by atoms with E-state index in [9.17, 15) is 5.11 Å². The van der Waals surface area contributed by atoms with Gasteiger partial charge in [-0.05, 0) is 43.2 Å². The van der Waals surface area contributed by atoms with E-state index >= 15 is 0 Å². The molecule has 1 saturated heterocycles. The fourth-order valence-corrected chi connectivity index (χ4v) is 3.70. The van der Waals surface area contributed by atoms with Crippen molar-refractivity contribution in [2.24, 2.45) is 5.92 Å². The van der Waals surface area contributed by atoms with Gasteiger partial charge in [0.25, 0.3) is 0 Å². The number of aromatic nitrogens is 1. The average Bonchev–Trinajstić information content (AvgIpc) is 2.48. The van der Waals surface area contributed by atoms with Gasteiger partial charge in [0.2, 0.25) is 0 Å². The quantitative estimate of drug-likeness (QED) is 0.888. The Morgan fingerprint density at radius 2 is 2.16 bits per heavy atom. The molecule has 0 amide bonds. The lowest BCUT2D eigenvalue weighted by Gasteiger charge is -2.44. The van der Waals surface area contributed by atoms with Crippen LogP contribution in [-0.4, -0.2) is 22.3 Å². The molecule has 1 saturated carbocycles. The molecule has 1 N–H and O–H groups in total. The number of aliphatic hydroxyl groups is 1. The van der Waals surface area contributed by atoms with Crippen LogP contribution in [-0.2, 0) is 4.74 Å². The SMILES string of the molecule is OC(c1cccnc1)C1CCOC2(CCCCC2)C1. The lowest BCUT2D eigenvalue weighted by Crippen LogP contribution is -2.42. The lowest BCUT2D eigenvalue weighted by atomic mass is 9.74. The van der Waals surface area contributed by atoms with Gasteiger partial charge in [0.15, 0.2) is 0 Å². The van der Waals surface area contributed by atoms with Crippen LogP contribution in [0.5, 0.6) is 0 Å². The summed E-state index contributed by atoms with van der Waals surface area (Å²) in [6, 6.07) is 3.87. The van der Waals surface area contributed by atoms with Crippen molar-refractivity contribution in [3.8, 4) is 0 Å². The summed E-state index contributed by atoms with van der Waals surface area (Å²) in [7, 11) is 0. The summed E-state index contributed by atoms with van der Waals surface area (Å²) in [6.45, 7) is 0.794. The van der Waals surface area contributed by atoms with Crippen LogP contribution >= 0.6 is 0 Å². The number of nitrogens with zero attached hydrogens (tertiary/aromatic N) is 1. The maximum absolute atomic E-state index is 10.6. The maximum Gasteiger partial charge on any atom is 0.0834 e. The van der Waals surface area contributed by atoms with Gasteiger partial charge >= 0.3 is 0 Å². The topological polar surface area (TPSA) is 42.4 Å². The molecule has 2 aliphatic rings. The van der Waals surface area contributed by atoms with E-state index in [-0.39, 0.29) is 5.60 Å².